The monoisotopic (exact) mass is 236 g/mol. The molecule has 1 aliphatic heterocycles. The Hall–Kier alpha value is -1.42. The molecule has 1 saturated heterocycles. The molecule has 1 unspecified atom stereocenters. The Morgan fingerprint density at radius 1 is 1.47 bits per heavy atom. The smallest absolute Gasteiger partial charge is 0.257 e. The molecular weight excluding hydrogens is 219 g/mol. The highest BCUT2D eigenvalue weighted by atomic mass is 19.1. The fourth-order valence-electron chi connectivity index (χ4n) is 2.15. The summed E-state index contributed by atoms with van der Waals surface area (Å²) in [6.45, 7) is 1.36. The molecule has 17 heavy (non-hydrogen) atoms. The van der Waals surface area contributed by atoms with Gasteiger partial charge in [0.25, 0.3) is 5.91 Å². The summed E-state index contributed by atoms with van der Waals surface area (Å²) >= 11 is 0. The average Bonchev–Trinajstić information content (AvgIpc) is 2.28. The van der Waals surface area contributed by atoms with Crippen molar-refractivity contribution < 1.29 is 9.18 Å². The van der Waals surface area contributed by atoms with E-state index in [1.807, 2.05) is 0 Å². The van der Waals surface area contributed by atoms with E-state index in [1.165, 1.54) is 12.1 Å². The first-order valence-corrected chi connectivity index (χ1v) is 5.99. The van der Waals surface area contributed by atoms with E-state index in [9.17, 15) is 9.18 Å². The standard InChI is InChI=1S/C13H17FN2O/c14-12-6-2-1-5-11(12)13(17)16-9-7-10(16)4-3-8-15/h1-2,5-6,10H,3-4,7-9,15H2. The SMILES string of the molecule is NCCCC1CCN1C(=O)c1ccccc1F. The summed E-state index contributed by atoms with van der Waals surface area (Å²) < 4.78 is 13.5. The summed E-state index contributed by atoms with van der Waals surface area (Å²) in [4.78, 5) is 13.8. The number of nitrogens with zero attached hydrogens (tertiary/aromatic N) is 1. The summed E-state index contributed by atoms with van der Waals surface area (Å²) in [5.41, 5.74) is 5.62. The molecule has 0 radical (unpaired) electrons. The topological polar surface area (TPSA) is 46.3 Å². The number of hydrogen-bond acceptors (Lipinski definition) is 2. The molecule has 1 fully saturated rings. The third-order valence-corrected chi connectivity index (χ3v) is 3.25. The van der Waals surface area contributed by atoms with Gasteiger partial charge in [-0.15, -0.1) is 0 Å². The van der Waals surface area contributed by atoms with Crippen LogP contribution in [0.3, 0.4) is 0 Å². The Balaban J connectivity index is 2.03. The molecular formula is C13H17FN2O. The van der Waals surface area contributed by atoms with E-state index in [4.69, 9.17) is 5.73 Å². The van der Waals surface area contributed by atoms with Gasteiger partial charge in [0.2, 0.25) is 0 Å². The molecule has 0 saturated carbocycles. The average molecular weight is 236 g/mol. The van der Waals surface area contributed by atoms with E-state index < -0.39 is 5.82 Å². The first-order valence-electron chi connectivity index (χ1n) is 5.99. The van der Waals surface area contributed by atoms with E-state index >= 15 is 0 Å². The molecule has 92 valence electrons. The minimum atomic E-state index is -0.443. The zero-order chi connectivity index (χ0) is 12.3. The number of rotatable bonds is 4. The molecule has 1 aromatic carbocycles. The Kier molecular flexibility index (Phi) is 3.74. The number of carbonyl (C=O) groups excluding carboxylic acids is 1. The van der Waals surface area contributed by atoms with Gasteiger partial charge < -0.3 is 10.6 Å². The third-order valence-electron chi connectivity index (χ3n) is 3.25. The Morgan fingerprint density at radius 3 is 2.82 bits per heavy atom. The zero-order valence-corrected chi connectivity index (χ0v) is 9.73. The summed E-state index contributed by atoms with van der Waals surface area (Å²) in [6, 6.07) is 6.38. The summed E-state index contributed by atoms with van der Waals surface area (Å²) in [6.07, 6.45) is 2.82. The van der Waals surface area contributed by atoms with Crippen LogP contribution in [0.15, 0.2) is 24.3 Å². The number of likely N-dealkylation sites (tertiary alicyclic amines) is 1. The summed E-state index contributed by atoms with van der Waals surface area (Å²) in [5, 5.41) is 0. The third kappa shape index (κ3) is 2.47. The van der Waals surface area contributed by atoms with Crippen LogP contribution in [0.25, 0.3) is 0 Å². The van der Waals surface area contributed by atoms with Crippen molar-refractivity contribution in [2.24, 2.45) is 5.73 Å². The lowest BCUT2D eigenvalue weighted by Gasteiger charge is -2.41. The molecule has 1 heterocycles. The normalized spacial score (nSPS) is 18.9. The number of carbonyl (C=O) groups is 1. The van der Waals surface area contributed by atoms with Crippen LogP contribution in [0.1, 0.15) is 29.6 Å². The molecule has 0 aromatic heterocycles. The van der Waals surface area contributed by atoms with Crippen LogP contribution < -0.4 is 5.73 Å². The van der Waals surface area contributed by atoms with Gasteiger partial charge in [0.05, 0.1) is 5.56 Å². The zero-order valence-electron chi connectivity index (χ0n) is 9.73. The van der Waals surface area contributed by atoms with Gasteiger partial charge in [-0.05, 0) is 37.9 Å². The van der Waals surface area contributed by atoms with Gasteiger partial charge in [0.15, 0.2) is 0 Å². The van der Waals surface area contributed by atoms with Crippen molar-refractivity contribution in [3.63, 3.8) is 0 Å². The number of halogens is 1. The Labute approximate surface area is 100 Å². The molecule has 0 spiro atoms. The Morgan fingerprint density at radius 2 is 2.24 bits per heavy atom. The van der Waals surface area contributed by atoms with Gasteiger partial charge in [0.1, 0.15) is 5.82 Å². The summed E-state index contributed by atoms with van der Waals surface area (Å²) in [5.74, 6) is -0.640. The number of amides is 1. The maximum absolute atomic E-state index is 13.5. The van der Waals surface area contributed by atoms with Crippen molar-refractivity contribution in [2.75, 3.05) is 13.1 Å². The van der Waals surface area contributed by atoms with Crippen LogP contribution in [0, 0.1) is 5.82 Å². The second kappa shape index (κ2) is 5.27. The molecule has 1 atom stereocenters. The van der Waals surface area contributed by atoms with Gasteiger partial charge in [-0.25, -0.2) is 4.39 Å². The van der Waals surface area contributed by atoms with Gasteiger partial charge in [-0.2, -0.15) is 0 Å². The van der Waals surface area contributed by atoms with Crippen molar-refractivity contribution in [3.8, 4) is 0 Å². The van der Waals surface area contributed by atoms with Crippen LogP contribution in [-0.2, 0) is 0 Å². The van der Waals surface area contributed by atoms with Crippen LogP contribution in [0.2, 0.25) is 0 Å². The Bertz CT molecular complexity index is 408. The molecule has 0 bridgehead atoms. The molecule has 0 aliphatic carbocycles. The van der Waals surface area contributed by atoms with Crippen molar-refractivity contribution in [2.45, 2.75) is 25.3 Å². The fourth-order valence-corrected chi connectivity index (χ4v) is 2.15. The minimum absolute atomic E-state index is 0.171. The van der Waals surface area contributed by atoms with E-state index in [2.05, 4.69) is 0 Å². The predicted molar refractivity (Wildman–Crippen MR) is 64.1 cm³/mol. The minimum Gasteiger partial charge on any atom is -0.335 e. The molecule has 2 rings (SSSR count). The van der Waals surface area contributed by atoms with Crippen molar-refractivity contribution in [1.29, 1.82) is 0 Å². The molecule has 4 heteroatoms. The van der Waals surface area contributed by atoms with Gasteiger partial charge in [-0.3, -0.25) is 4.79 Å². The lowest BCUT2D eigenvalue weighted by molar-refractivity contribution is 0.0437. The van der Waals surface area contributed by atoms with E-state index in [-0.39, 0.29) is 17.5 Å². The highest BCUT2D eigenvalue weighted by Crippen LogP contribution is 2.24. The van der Waals surface area contributed by atoms with Gasteiger partial charge in [0, 0.05) is 12.6 Å². The maximum atomic E-state index is 13.5. The highest BCUT2D eigenvalue weighted by Gasteiger charge is 2.32. The molecule has 1 aromatic rings. The van der Waals surface area contributed by atoms with Gasteiger partial charge >= 0.3 is 0 Å². The van der Waals surface area contributed by atoms with Crippen LogP contribution in [0.5, 0.6) is 0 Å². The first kappa shape index (κ1) is 12.0. The lowest BCUT2D eigenvalue weighted by atomic mass is 9.96. The van der Waals surface area contributed by atoms with Crippen LogP contribution in [0.4, 0.5) is 4.39 Å². The van der Waals surface area contributed by atoms with Crippen molar-refractivity contribution in [1.82, 2.24) is 4.90 Å². The van der Waals surface area contributed by atoms with Gasteiger partial charge in [-0.1, -0.05) is 12.1 Å². The second-order valence-corrected chi connectivity index (χ2v) is 4.35. The molecule has 1 aliphatic rings. The number of benzene rings is 1. The quantitative estimate of drug-likeness (QED) is 0.866. The first-order chi connectivity index (χ1) is 8.24. The number of hydrogen-bond donors (Lipinski definition) is 1. The maximum Gasteiger partial charge on any atom is 0.257 e. The molecule has 2 N–H and O–H groups in total. The predicted octanol–water partition coefficient (Wildman–Crippen LogP) is 1.78. The van der Waals surface area contributed by atoms with Crippen molar-refractivity contribution in [3.05, 3.63) is 35.6 Å². The van der Waals surface area contributed by atoms with Crippen LogP contribution in [-0.4, -0.2) is 29.9 Å². The van der Waals surface area contributed by atoms with Crippen molar-refractivity contribution >= 4 is 5.91 Å². The highest BCUT2D eigenvalue weighted by molar-refractivity contribution is 5.95. The summed E-state index contributed by atoms with van der Waals surface area (Å²) in [7, 11) is 0. The van der Waals surface area contributed by atoms with E-state index in [1.54, 1.807) is 17.0 Å². The molecule has 3 nitrogen and oxygen atoms in total. The number of nitrogens with two attached hydrogens (primary N) is 1. The molecule has 1 amide bonds. The fraction of sp³-hybridized carbons (Fsp3) is 0.462. The van der Waals surface area contributed by atoms with E-state index in [0.29, 0.717) is 6.54 Å². The van der Waals surface area contributed by atoms with Crippen LogP contribution >= 0.6 is 0 Å². The second-order valence-electron chi connectivity index (χ2n) is 4.35. The lowest BCUT2D eigenvalue weighted by Crippen LogP contribution is -2.51. The van der Waals surface area contributed by atoms with E-state index in [0.717, 1.165) is 25.8 Å². The largest absolute Gasteiger partial charge is 0.335 e.